The number of ether oxygens (including phenoxy) is 1. The smallest absolute Gasteiger partial charge is 0.348 e. The standard InChI is InChI=1S/C19H14BrN3O4/c1-26-9-8-23-17-14-7-4-12(20)10-15(14)27-18(17)16(21-19(23)24)11-2-5-13(22-25)6-3-11/h2-7,10H,8-9H2,1H3. The second-order valence-electron chi connectivity index (χ2n) is 5.95. The van der Waals surface area contributed by atoms with E-state index in [1.165, 1.54) is 0 Å². The van der Waals surface area contributed by atoms with E-state index < -0.39 is 5.69 Å². The second kappa shape index (κ2) is 7.05. The van der Waals surface area contributed by atoms with Crippen molar-refractivity contribution in [3.63, 3.8) is 0 Å². The van der Waals surface area contributed by atoms with E-state index in [9.17, 15) is 9.70 Å². The molecule has 0 saturated heterocycles. The summed E-state index contributed by atoms with van der Waals surface area (Å²) < 4.78 is 13.6. The zero-order valence-corrected chi connectivity index (χ0v) is 15.9. The molecule has 0 atom stereocenters. The molecule has 8 heteroatoms. The van der Waals surface area contributed by atoms with Gasteiger partial charge in [-0.15, -0.1) is 4.91 Å². The zero-order chi connectivity index (χ0) is 19.0. The fourth-order valence-corrected chi connectivity index (χ4v) is 3.39. The monoisotopic (exact) mass is 427 g/mol. The minimum atomic E-state index is -0.391. The lowest BCUT2D eigenvalue weighted by atomic mass is 10.1. The Bertz CT molecular complexity index is 1210. The molecular formula is C19H14BrN3O4. The van der Waals surface area contributed by atoms with Crippen LogP contribution in [0.4, 0.5) is 5.69 Å². The molecule has 4 rings (SSSR count). The van der Waals surface area contributed by atoms with Crippen LogP contribution in [0.5, 0.6) is 0 Å². The maximum absolute atomic E-state index is 12.7. The first-order valence-corrected chi connectivity index (χ1v) is 8.97. The molecule has 0 aliphatic rings. The van der Waals surface area contributed by atoms with Crippen LogP contribution < -0.4 is 5.69 Å². The van der Waals surface area contributed by atoms with Crippen molar-refractivity contribution in [2.45, 2.75) is 6.54 Å². The van der Waals surface area contributed by atoms with E-state index in [1.807, 2.05) is 18.2 Å². The summed E-state index contributed by atoms with van der Waals surface area (Å²) in [6.45, 7) is 0.733. The Balaban J connectivity index is 2.06. The molecule has 4 aromatic rings. The third-order valence-corrected chi connectivity index (χ3v) is 4.81. The van der Waals surface area contributed by atoms with Gasteiger partial charge in [-0.05, 0) is 35.5 Å². The highest BCUT2D eigenvalue weighted by molar-refractivity contribution is 9.10. The van der Waals surface area contributed by atoms with Crippen LogP contribution in [-0.4, -0.2) is 23.3 Å². The number of benzene rings is 2. The average molecular weight is 428 g/mol. The van der Waals surface area contributed by atoms with E-state index in [4.69, 9.17) is 9.15 Å². The molecule has 0 aliphatic heterocycles. The Morgan fingerprint density at radius 3 is 2.70 bits per heavy atom. The Kier molecular flexibility index (Phi) is 4.59. The summed E-state index contributed by atoms with van der Waals surface area (Å²) in [5.74, 6) is 0. The summed E-state index contributed by atoms with van der Waals surface area (Å²) in [4.78, 5) is 27.6. The van der Waals surface area contributed by atoms with E-state index in [0.29, 0.717) is 46.8 Å². The van der Waals surface area contributed by atoms with Gasteiger partial charge in [0.05, 0.1) is 13.2 Å². The molecule has 0 N–H and O–H groups in total. The fraction of sp³-hybridized carbons (Fsp3) is 0.158. The lowest BCUT2D eigenvalue weighted by Gasteiger charge is -2.09. The predicted molar refractivity (Wildman–Crippen MR) is 106 cm³/mol. The van der Waals surface area contributed by atoms with Crippen LogP contribution in [0.1, 0.15) is 0 Å². The van der Waals surface area contributed by atoms with E-state index in [2.05, 4.69) is 26.1 Å². The van der Waals surface area contributed by atoms with Crippen LogP contribution in [0, 0.1) is 4.91 Å². The number of aromatic nitrogens is 2. The van der Waals surface area contributed by atoms with Gasteiger partial charge in [0.2, 0.25) is 0 Å². The Labute approximate surface area is 161 Å². The van der Waals surface area contributed by atoms with Gasteiger partial charge < -0.3 is 9.15 Å². The summed E-state index contributed by atoms with van der Waals surface area (Å²) >= 11 is 3.44. The molecule has 0 amide bonds. The van der Waals surface area contributed by atoms with Crippen LogP contribution in [0.15, 0.2) is 61.3 Å². The normalized spacial score (nSPS) is 11.3. The van der Waals surface area contributed by atoms with Crippen molar-refractivity contribution in [1.82, 2.24) is 9.55 Å². The number of fused-ring (bicyclic) bond motifs is 3. The molecule has 0 fully saturated rings. The maximum atomic E-state index is 12.7. The highest BCUT2D eigenvalue weighted by atomic mass is 79.9. The molecule has 2 heterocycles. The quantitative estimate of drug-likeness (QED) is 0.433. The lowest BCUT2D eigenvalue weighted by Crippen LogP contribution is -2.25. The van der Waals surface area contributed by atoms with Gasteiger partial charge in [0.1, 0.15) is 22.5 Å². The minimum absolute atomic E-state index is 0.303. The van der Waals surface area contributed by atoms with Gasteiger partial charge in [-0.25, -0.2) is 4.79 Å². The van der Waals surface area contributed by atoms with Crippen molar-refractivity contribution in [2.75, 3.05) is 13.7 Å². The first-order chi connectivity index (χ1) is 13.1. The number of methoxy groups -OCH3 is 1. The van der Waals surface area contributed by atoms with Crippen molar-refractivity contribution >= 4 is 43.7 Å². The van der Waals surface area contributed by atoms with Gasteiger partial charge in [-0.2, -0.15) is 4.98 Å². The van der Waals surface area contributed by atoms with Crippen LogP contribution >= 0.6 is 15.9 Å². The van der Waals surface area contributed by atoms with Crippen LogP contribution in [-0.2, 0) is 11.3 Å². The molecule has 7 nitrogen and oxygen atoms in total. The second-order valence-corrected chi connectivity index (χ2v) is 6.86. The summed E-state index contributed by atoms with van der Waals surface area (Å²) in [5, 5.41) is 3.71. The van der Waals surface area contributed by atoms with Gasteiger partial charge in [-0.3, -0.25) is 4.57 Å². The number of halogens is 1. The third-order valence-electron chi connectivity index (χ3n) is 4.31. The number of nitroso groups, excluding NO2 is 1. The molecule has 0 unspecified atom stereocenters. The Morgan fingerprint density at radius 2 is 2.00 bits per heavy atom. The van der Waals surface area contributed by atoms with Gasteiger partial charge >= 0.3 is 5.69 Å². The lowest BCUT2D eigenvalue weighted by molar-refractivity contribution is 0.187. The number of furan rings is 1. The maximum Gasteiger partial charge on any atom is 0.348 e. The number of hydrogen-bond acceptors (Lipinski definition) is 6. The van der Waals surface area contributed by atoms with Crippen LogP contribution in [0.2, 0.25) is 0 Å². The molecule has 2 aromatic heterocycles. The molecule has 0 bridgehead atoms. The van der Waals surface area contributed by atoms with E-state index in [0.717, 1.165) is 9.86 Å². The van der Waals surface area contributed by atoms with Gasteiger partial charge in [0.15, 0.2) is 5.58 Å². The minimum Gasteiger partial charge on any atom is -0.452 e. The molecule has 136 valence electrons. The summed E-state index contributed by atoms with van der Waals surface area (Å²) in [6, 6.07) is 12.2. The van der Waals surface area contributed by atoms with Crippen LogP contribution in [0.3, 0.4) is 0 Å². The molecule has 27 heavy (non-hydrogen) atoms. The number of nitrogens with zero attached hydrogens (tertiary/aromatic N) is 3. The van der Waals surface area contributed by atoms with Gasteiger partial charge in [0, 0.05) is 22.5 Å². The van der Waals surface area contributed by atoms with Crippen LogP contribution in [0.25, 0.3) is 33.3 Å². The first kappa shape index (κ1) is 17.6. The number of hydrogen-bond donors (Lipinski definition) is 0. The Morgan fingerprint density at radius 1 is 1.22 bits per heavy atom. The summed E-state index contributed by atoms with van der Waals surface area (Å²) in [5.41, 5.74) is 2.82. The molecule has 0 aliphatic carbocycles. The summed E-state index contributed by atoms with van der Waals surface area (Å²) in [7, 11) is 1.58. The van der Waals surface area contributed by atoms with E-state index >= 15 is 0 Å². The predicted octanol–water partition coefficient (Wildman–Crippen LogP) is 4.62. The molecular weight excluding hydrogens is 414 g/mol. The fourth-order valence-electron chi connectivity index (χ4n) is 3.05. The van der Waals surface area contributed by atoms with Gasteiger partial charge in [-0.1, -0.05) is 28.1 Å². The largest absolute Gasteiger partial charge is 0.452 e. The Hall–Kier alpha value is -2.84. The molecule has 0 saturated carbocycles. The average Bonchev–Trinajstić information content (AvgIpc) is 3.05. The van der Waals surface area contributed by atoms with Crippen molar-refractivity contribution in [3.8, 4) is 11.3 Å². The highest BCUT2D eigenvalue weighted by Gasteiger charge is 2.19. The van der Waals surface area contributed by atoms with Crippen molar-refractivity contribution < 1.29 is 9.15 Å². The summed E-state index contributed by atoms with van der Waals surface area (Å²) in [6.07, 6.45) is 0. The molecule has 0 spiro atoms. The first-order valence-electron chi connectivity index (χ1n) is 8.17. The SMILES string of the molecule is COCCn1c(=O)nc(-c2ccc(N=O)cc2)c2oc3cc(Br)ccc3c21. The molecule has 2 aromatic carbocycles. The van der Waals surface area contributed by atoms with Crippen molar-refractivity contribution in [3.05, 3.63) is 62.3 Å². The van der Waals surface area contributed by atoms with Gasteiger partial charge in [0.25, 0.3) is 0 Å². The zero-order valence-electron chi connectivity index (χ0n) is 14.3. The van der Waals surface area contributed by atoms with Crippen molar-refractivity contribution in [1.29, 1.82) is 0 Å². The van der Waals surface area contributed by atoms with E-state index in [1.54, 1.807) is 35.9 Å². The topological polar surface area (TPSA) is 86.7 Å². The third kappa shape index (κ3) is 3.07. The molecule has 0 radical (unpaired) electrons. The van der Waals surface area contributed by atoms with E-state index in [-0.39, 0.29) is 0 Å². The van der Waals surface area contributed by atoms with Crippen molar-refractivity contribution in [2.24, 2.45) is 5.18 Å². The number of rotatable bonds is 5. The highest BCUT2D eigenvalue weighted by Crippen LogP contribution is 2.35.